The van der Waals surface area contributed by atoms with Gasteiger partial charge in [0, 0.05) is 0 Å². The first-order valence-electron chi connectivity index (χ1n) is 13.7. The van der Waals surface area contributed by atoms with E-state index in [2.05, 4.69) is 46.9 Å². The zero-order valence-corrected chi connectivity index (χ0v) is 24.9. The highest BCUT2D eigenvalue weighted by Gasteiger charge is 2.61. The van der Waals surface area contributed by atoms with E-state index in [9.17, 15) is 19.1 Å². The third-order valence-corrected chi connectivity index (χ3v) is 11.3. The predicted octanol–water partition coefficient (Wildman–Crippen LogP) is 5.66. The maximum absolute atomic E-state index is 13.2. The molecule has 0 saturated heterocycles. The Hall–Kier alpha value is -1.24. The van der Waals surface area contributed by atoms with E-state index in [0.717, 1.165) is 17.5 Å². The van der Waals surface area contributed by atoms with E-state index in [0.29, 0.717) is 23.0 Å². The summed E-state index contributed by atoms with van der Waals surface area (Å²) in [6.07, 6.45) is 6.23. The molecule has 0 bridgehead atoms. The molecular weight excluding hydrogens is 489 g/mol. The number of carbonyl (C=O) groups excluding carboxylic acids is 1. The molecule has 3 aliphatic rings. The zero-order chi connectivity index (χ0) is 27.7. The number of likely N-dealkylation sites (N-methyl/N-ethyl adjacent to an activating group) is 1. The highest BCUT2D eigenvalue weighted by atomic mass is 31.2. The van der Waals surface area contributed by atoms with Crippen LogP contribution in [0.1, 0.15) is 94.5 Å². The van der Waals surface area contributed by atoms with Gasteiger partial charge in [0.2, 0.25) is 0 Å². The van der Waals surface area contributed by atoms with Crippen molar-refractivity contribution in [2.24, 2.45) is 22.7 Å². The molecule has 1 aromatic carbocycles. The minimum atomic E-state index is -4.75. The molecule has 3 N–H and O–H groups in total. The van der Waals surface area contributed by atoms with E-state index < -0.39 is 25.9 Å². The Bertz CT molecular complexity index is 1140. The number of benzene rings is 1. The van der Waals surface area contributed by atoms with Crippen molar-refractivity contribution in [3.63, 3.8) is 0 Å². The van der Waals surface area contributed by atoms with Gasteiger partial charge in [-0.1, -0.05) is 34.1 Å². The van der Waals surface area contributed by atoms with Gasteiger partial charge in [0.25, 0.3) is 0 Å². The molecule has 0 spiro atoms. The van der Waals surface area contributed by atoms with Crippen LogP contribution in [0.3, 0.4) is 0 Å². The number of hydrogen-bond donors (Lipinski definition) is 3. The number of ether oxygens (including phenoxy) is 1. The van der Waals surface area contributed by atoms with Crippen molar-refractivity contribution in [3.8, 4) is 5.75 Å². The van der Waals surface area contributed by atoms with Crippen LogP contribution in [-0.4, -0.2) is 34.9 Å². The third-order valence-electron chi connectivity index (χ3n) is 10.7. The average molecular weight is 536 g/mol. The van der Waals surface area contributed by atoms with E-state index in [4.69, 9.17) is 9.26 Å². The molecule has 0 amide bonds. The lowest BCUT2D eigenvalue weighted by atomic mass is 9.43. The second-order valence-corrected chi connectivity index (χ2v) is 14.4. The van der Waals surface area contributed by atoms with E-state index in [1.54, 1.807) is 7.05 Å². The molecule has 4 unspecified atom stereocenters. The Morgan fingerprint density at radius 1 is 1.03 bits per heavy atom. The highest BCUT2D eigenvalue weighted by Crippen LogP contribution is 2.68. The van der Waals surface area contributed by atoms with Gasteiger partial charge in [-0.3, -0.25) is 4.52 Å². The van der Waals surface area contributed by atoms with Gasteiger partial charge in [-0.25, -0.2) is 9.36 Å². The summed E-state index contributed by atoms with van der Waals surface area (Å²) < 4.78 is 22.1. The number of phosphoric ester groups is 1. The molecule has 0 aliphatic heterocycles. The Morgan fingerprint density at radius 3 is 2.27 bits per heavy atom. The molecular formula is C29H46NO6P. The SMILES string of the molecule is CNC(C(=O)Oc1c(C)c(C)c2c(c1C)C[C@H]1C2(C)CCC2C(C)(C)CCC[C@@]21C)C(C)OP(=O)(O)O. The van der Waals surface area contributed by atoms with Crippen molar-refractivity contribution in [2.75, 3.05) is 7.05 Å². The van der Waals surface area contributed by atoms with Crippen LogP contribution < -0.4 is 10.1 Å². The van der Waals surface area contributed by atoms with E-state index in [-0.39, 0.29) is 10.8 Å². The van der Waals surface area contributed by atoms with Crippen molar-refractivity contribution in [2.45, 2.75) is 111 Å². The number of phosphoric acid groups is 1. The standard InChI is InChI=1S/C29H46NO6P/c1-16-17(2)25(35-26(31)24(30-9)19(4)36-37(32,33)34)18(3)20-15-22-28(7)13-10-12-27(5,6)21(28)11-14-29(22,8)23(16)20/h19,21-22,24,30H,10-15H2,1-9H3,(H2,32,33,34)/t19?,21?,22-,24?,28+,29?/m1/s1. The Morgan fingerprint density at radius 2 is 1.68 bits per heavy atom. The summed E-state index contributed by atoms with van der Waals surface area (Å²) in [5.41, 5.74) is 6.70. The van der Waals surface area contributed by atoms with E-state index in [1.165, 1.54) is 55.7 Å². The normalized spacial score (nSPS) is 32.2. The molecule has 3 aliphatic carbocycles. The Labute approximate surface area is 222 Å². The van der Waals surface area contributed by atoms with Gasteiger partial charge in [0.15, 0.2) is 0 Å². The molecule has 0 heterocycles. The smallest absolute Gasteiger partial charge is 0.425 e. The van der Waals surface area contributed by atoms with Crippen LogP contribution in [0, 0.1) is 43.4 Å². The summed E-state index contributed by atoms with van der Waals surface area (Å²) in [6, 6.07) is -1.02. The maximum Gasteiger partial charge on any atom is 0.469 e. The largest absolute Gasteiger partial charge is 0.469 e. The molecule has 37 heavy (non-hydrogen) atoms. The first-order chi connectivity index (χ1) is 17.0. The number of carbonyl (C=O) groups is 1. The van der Waals surface area contributed by atoms with Crippen molar-refractivity contribution < 1.29 is 28.4 Å². The molecule has 7 nitrogen and oxygen atoms in total. The Balaban J connectivity index is 1.71. The molecule has 8 heteroatoms. The third kappa shape index (κ3) is 4.63. The van der Waals surface area contributed by atoms with E-state index >= 15 is 0 Å². The maximum atomic E-state index is 13.2. The molecule has 2 fully saturated rings. The molecule has 6 atom stereocenters. The lowest BCUT2D eigenvalue weighted by molar-refractivity contribution is -0.139. The molecule has 1 aromatic rings. The topological polar surface area (TPSA) is 105 Å². The summed E-state index contributed by atoms with van der Waals surface area (Å²) in [5.74, 6) is 1.22. The van der Waals surface area contributed by atoms with Gasteiger partial charge >= 0.3 is 13.8 Å². The van der Waals surface area contributed by atoms with Crippen LogP contribution >= 0.6 is 7.82 Å². The fraction of sp³-hybridized carbons (Fsp3) is 0.759. The Kier molecular flexibility index (Phi) is 7.34. The van der Waals surface area contributed by atoms with Gasteiger partial charge in [-0.15, -0.1) is 0 Å². The van der Waals surface area contributed by atoms with Crippen molar-refractivity contribution in [1.82, 2.24) is 5.32 Å². The van der Waals surface area contributed by atoms with Gasteiger partial charge in [0.05, 0.1) is 6.10 Å². The summed E-state index contributed by atoms with van der Waals surface area (Å²) in [6.45, 7) is 17.6. The minimum Gasteiger partial charge on any atom is -0.425 e. The second-order valence-electron chi connectivity index (χ2n) is 13.2. The minimum absolute atomic E-state index is 0.107. The van der Waals surface area contributed by atoms with Gasteiger partial charge in [0.1, 0.15) is 11.8 Å². The number of rotatable bonds is 6. The van der Waals surface area contributed by atoms with Crippen LogP contribution in [0.15, 0.2) is 0 Å². The average Bonchev–Trinajstić information content (AvgIpc) is 3.08. The summed E-state index contributed by atoms with van der Waals surface area (Å²) >= 11 is 0. The van der Waals surface area contributed by atoms with Gasteiger partial charge in [-0.2, -0.15) is 0 Å². The van der Waals surface area contributed by atoms with Crippen LogP contribution in [0.2, 0.25) is 0 Å². The number of hydrogen-bond acceptors (Lipinski definition) is 5. The van der Waals surface area contributed by atoms with Crippen LogP contribution in [0.4, 0.5) is 0 Å². The van der Waals surface area contributed by atoms with Crippen LogP contribution in [0.25, 0.3) is 0 Å². The van der Waals surface area contributed by atoms with Crippen molar-refractivity contribution in [3.05, 3.63) is 27.8 Å². The number of nitrogens with one attached hydrogen (secondary N) is 1. The van der Waals surface area contributed by atoms with Crippen molar-refractivity contribution in [1.29, 1.82) is 0 Å². The lowest BCUT2D eigenvalue weighted by Gasteiger charge is -2.61. The zero-order valence-electron chi connectivity index (χ0n) is 24.0. The first-order valence-corrected chi connectivity index (χ1v) is 15.3. The highest BCUT2D eigenvalue weighted by molar-refractivity contribution is 7.46. The molecule has 208 valence electrons. The quantitative estimate of drug-likeness (QED) is 0.245. The molecule has 2 saturated carbocycles. The molecule has 0 aromatic heterocycles. The van der Waals surface area contributed by atoms with Gasteiger partial charge in [-0.05, 0) is 123 Å². The molecule has 0 radical (unpaired) electrons. The van der Waals surface area contributed by atoms with Crippen LogP contribution in [-0.2, 0) is 25.7 Å². The summed E-state index contributed by atoms with van der Waals surface area (Å²) in [5, 5.41) is 2.80. The number of fused-ring (bicyclic) bond motifs is 5. The second kappa shape index (κ2) is 9.45. The van der Waals surface area contributed by atoms with Gasteiger partial charge < -0.3 is 19.8 Å². The fourth-order valence-corrected chi connectivity index (χ4v) is 9.52. The lowest BCUT2D eigenvalue weighted by Crippen LogP contribution is -2.55. The van der Waals surface area contributed by atoms with E-state index in [1.807, 2.05) is 6.92 Å². The monoisotopic (exact) mass is 535 g/mol. The fourth-order valence-electron chi connectivity index (χ4n) is 8.97. The first kappa shape index (κ1) is 28.8. The summed E-state index contributed by atoms with van der Waals surface area (Å²) in [4.78, 5) is 31.6. The molecule has 4 rings (SSSR count). The number of esters is 1. The van der Waals surface area contributed by atoms with Crippen LogP contribution in [0.5, 0.6) is 5.75 Å². The van der Waals surface area contributed by atoms with Crippen molar-refractivity contribution >= 4 is 13.8 Å². The predicted molar refractivity (Wildman–Crippen MR) is 145 cm³/mol. The summed E-state index contributed by atoms with van der Waals surface area (Å²) in [7, 11) is -3.20.